The van der Waals surface area contributed by atoms with Crippen LogP contribution in [-0.2, 0) is 15.5 Å². The van der Waals surface area contributed by atoms with Gasteiger partial charge in [-0.1, -0.05) is 6.07 Å². The molecular weight excluding hydrogens is 460 g/mol. The molecule has 5 rings (SSSR count). The van der Waals surface area contributed by atoms with Crippen LogP contribution in [-0.4, -0.2) is 67.1 Å². The zero-order valence-corrected chi connectivity index (χ0v) is 19.2. The number of amides is 1. The first-order chi connectivity index (χ1) is 16.0. The Morgan fingerprint density at radius 1 is 1.18 bits per heavy atom. The minimum absolute atomic E-state index is 0.0690. The number of carbonyl (C=O) groups excluding carboxylic acids is 1. The highest BCUT2D eigenvalue weighted by Gasteiger charge is 2.21. The second-order valence-electron chi connectivity index (χ2n) is 7.37. The highest BCUT2D eigenvalue weighted by atomic mass is 32.2. The molecule has 1 fully saturated rings. The molecule has 9 nitrogen and oxygen atoms in total. The fraction of sp³-hybridized carbons (Fsp3) is 0.227. The van der Waals surface area contributed by atoms with Crippen molar-refractivity contribution in [2.75, 3.05) is 32.6 Å². The topological polar surface area (TPSA) is 114 Å². The van der Waals surface area contributed by atoms with Crippen LogP contribution in [0.15, 0.2) is 47.9 Å². The highest BCUT2D eigenvalue weighted by Crippen LogP contribution is 2.29. The summed E-state index contributed by atoms with van der Waals surface area (Å²) in [6.07, 6.45) is 8.16. The van der Waals surface area contributed by atoms with Crippen LogP contribution in [0.1, 0.15) is 15.2 Å². The number of hydrogen-bond donors (Lipinski definition) is 0. The Kier molecular flexibility index (Phi) is 5.72. The SMILES string of the molecule is CS(=O)c1cn(-c2ncc(-c3ncc(C#N)s3)cn2)c2cc(C(=O)N3CCOCC3)ccc12. The van der Waals surface area contributed by atoms with Crippen LogP contribution in [0.4, 0.5) is 0 Å². The van der Waals surface area contributed by atoms with E-state index in [1.165, 1.54) is 17.5 Å². The van der Waals surface area contributed by atoms with Gasteiger partial charge in [0.2, 0.25) is 5.95 Å². The summed E-state index contributed by atoms with van der Waals surface area (Å²) >= 11 is 1.27. The monoisotopic (exact) mass is 478 g/mol. The largest absolute Gasteiger partial charge is 0.378 e. The smallest absolute Gasteiger partial charge is 0.254 e. The lowest BCUT2D eigenvalue weighted by Crippen LogP contribution is -2.40. The van der Waals surface area contributed by atoms with Gasteiger partial charge >= 0.3 is 0 Å². The number of rotatable bonds is 4. The van der Waals surface area contributed by atoms with Crippen molar-refractivity contribution >= 4 is 38.9 Å². The lowest BCUT2D eigenvalue weighted by molar-refractivity contribution is 0.0303. The number of thiazole rings is 1. The summed E-state index contributed by atoms with van der Waals surface area (Å²) < 4.78 is 19.5. The van der Waals surface area contributed by atoms with Gasteiger partial charge in [-0.15, -0.1) is 11.3 Å². The third-order valence-electron chi connectivity index (χ3n) is 5.34. The standard InChI is InChI=1S/C22H18N6O3S2/c1-33(30)19-13-28(22-25-10-15(11-26-22)20-24-12-16(9-23)32-20)18-8-14(2-3-17(18)19)21(29)27-4-6-31-7-5-27/h2-3,8,10-13H,4-7H2,1H3. The molecule has 33 heavy (non-hydrogen) atoms. The molecule has 0 bridgehead atoms. The van der Waals surface area contributed by atoms with Crippen molar-refractivity contribution in [3.05, 3.63) is 53.4 Å². The molecule has 1 atom stereocenters. The van der Waals surface area contributed by atoms with Crippen molar-refractivity contribution < 1.29 is 13.7 Å². The third kappa shape index (κ3) is 4.04. The van der Waals surface area contributed by atoms with Gasteiger partial charge in [0.15, 0.2) is 0 Å². The Morgan fingerprint density at radius 2 is 1.94 bits per heavy atom. The average molecular weight is 479 g/mol. The first-order valence-corrected chi connectivity index (χ1v) is 12.5. The van der Waals surface area contributed by atoms with Crippen LogP contribution in [0.3, 0.4) is 0 Å². The van der Waals surface area contributed by atoms with Crippen LogP contribution >= 0.6 is 11.3 Å². The highest BCUT2D eigenvalue weighted by molar-refractivity contribution is 7.84. The van der Waals surface area contributed by atoms with Crippen LogP contribution in [0.2, 0.25) is 0 Å². The average Bonchev–Trinajstić information content (AvgIpc) is 3.49. The van der Waals surface area contributed by atoms with Gasteiger partial charge in [-0.2, -0.15) is 5.26 Å². The van der Waals surface area contributed by atoms with Gasteiger partial charge in [0.25, 0.3) is 5.91 Å². The third-order valence-corrected chi connectivity index (χ3v) is 7.24. The summed E-state index contributed by atoms with van der Waals surface area (Å²) in [4.78, 5) is 29.1. The molecule has 1 aromatic carbocycles. The van der Waals surface area contributed by atoms with E-state index in [-0.39, 0.29) is 5.91 Å². The zero-order chi connectivity index (χ0) is 22.9. The maximum absolute atomic E-state index is 13.0. The lowest BCUT2D eigenvalue weighted by atomic mass is 10.1. The maximum atomic E-state index is 13.0. The molecule has 3 aromatic heterocycles. The number of nitrogens with zero attached hydrogens (tertiary/aromatic N) is 6. The van der Waals surface area contributed by atoms with Gasteiger partial charge in [0.05, 0.1) is 40.6 Å². The maximum Gasteiger partial charge on any atom is 0.254 e. The lowest BCUT2D eigenvalue weighted by Gasteiger charge is -2.26. The van der Waals surface area contributed by atoms with E-state index < -0.39 is 10.8 Å². The fourth-order valence-corrected chi connectivity index (χ4v) is 5.11. The van der Waals surface area contributed by atoms with Crippen molar-refractivity contribution in [3.63, 3.8) is 0 Å². The van der Waals surface area contributed by atoms with Crippen LogP contribution < -0.4 is 0 Å². The fourth-order valence-electron chi connectivity index (χ4n) is 3.69. The number of benzene rings is 1. The van der Waals surface area contributed by atoms with Crippen molar-refractivity contribution in [1.82, 2.24) is 24.4 Å². The summed E-state index contributed by atoms with van der Waals surface area (Å²) in [5.41, 5.74) is 1.94. The van der Waals surface area contributed by atoms with Gasteiger partial charge in [-0.05, 0) is 12.1 Å². The Labute approximate surface area is 195 Å². The van der Waals surface area contributed by atoms with E-state index in [1.807, 2.05) is 6.07 Å². The first-order valence-electron chi connectivity index (χ1n) is 10.1. The summed E-state index contributed by atoms with van der Waals surface area (Å²) in [6.45, 7) is 2.16. The number of nitriles is 1. The predicted molar refractivity (Wildman–Crippen MR) is 124 cm³/mol. The second-order valence-corrected chi connectivity index (χ2v) is 9.75. The van der Waals surface area contributed by atoms with Gasteiger partial charge < -0.3 is 9.64 Å². The molecule has 166 valence electrons. The van der Waals surface area contributed by atoms with Gasteiger partial charge in [-0.25, -0.2) is 15.0 Å². The summed E-state index contributed by atoms with van der Waals surface area (Å²) in [7, 11) is -1.24. The Morgan fingerprint density at radius 3 is 2.61 bits per heavy atom. The molecule has 0 N–H and O–H groups in total. The molecule has 1 aliphatic heterocycles. The van der Waals surface area contributed by atoms with E-state index in [9.17, 15) is 9.00 Å². The van der Waals surface area contributed by atoms with E-state index >= 15 is 0 Å². The van der Waals surface area contributed by atoms with Gasteiger partial charge in [0.1, 0.15) is 16.0 Å². The minimum atomic E-state index is -1.24. The molecular formula is C22H18N6O3S2. The normalized spacial score (nSPS) is 14.8. The number of ether oxygens (including phenoxy) is 1. The number of aromatic nitrogens is 4. The van der Waals surface area contributed by atoms with Crippen LogP contribution in [0.25, 0.3) is 27.4 Å². The van der Waals surface area contributed by atoms with Crippen molar-refractivity contribution in [1.29, 1.82) is 5.26 Å². The molecule has 11 heteroatoms. The molecule has 4 aromatic rings. The number of hydrogen-bond acceptors (Lipinski definition) is 8. The Balaban J connectivity index is 1.55. The van der Waals surface area contributed by atoms with Gasteiger partial charge in [0, 0.05) is 54.4 Å². The molecule has 1 saturated heterocycles. The van der Waals surface area contributed by atoms with E-state index in [4.69, 9.17) is 10.00 Å². The Bertz CT molecular complexity index is 1410. The molecule has 0 saturated carbocycles. The molecule has 1 aliphatic rings. The second kappa shape index (κ2) is 8.82. The predicted octanol–water partition coefficient (Wildman–Crippen LogP) is 2.63. The summed E-state index contributed by atoms with van der Waals surface area (Å²) in [5, 5.41) is 10.4. The van der Waals surface area contributed by atoms with Crippen LogP contribution in [0, 0.1) is 11.3 Å². The quantitative estimate of drug-likeness (QED) is 0.443. The van der Waals surface area contributed by atoms with E-state index in [0.29, 0.717) is 63.7 Å². The van der Waals surface area contributed by atoms with E-state index in [1.54, 1.807) is 46.4 Å². The molecule has 1 amide bonds. The minimum Gasteiger partial charge on any atom is -0.378 e. The van der Waals surface area contributed by atoms with Crippen molar-refractivity contribution in [2.24, 2.45) is 0 Å². The molecule has 4 heterocycles. The van der Waals surface area contributed by atoms with Gasteiger partial charge in [-0.3, -0.25) is 13.6 Å². The van der Waals surface area contributed by atoms with E-state index in [0.717, 1.165) is 5.39 Å². The molecule has 1 unspecified atom stereocenters. The van der Waals surface area contributed by atoms with Crippen molar-refractivity contribution in [3.8, 4) is 22.6 Å². The summed E-state index contributed by atoms with van der Waals surface area (Å²) in [6, 6.07) is 7.45. The Hall–Kier alpha value is -3.46. The number of morpholine rings is 1. The first kappa shape index (κ1) is 21.4. The number of fused-ring (bicyclic) bond motifs is 1. The van der Waals surface area contributed by atoms with Crippen molar-refractivity contribution in [2.45, 2.75) is 4.90 Å². The van der Waals surface area contributed by atoms with E-state index in [2.05, 4.69) is 21.0 Å². The zero-order valence-electron chi connectivity index (χ0n) is 17.6. The molecule has 0 aliphatic carbocycles. The molecule has 0 radical (unpaired) electrons. The van der Waals surface area contributed by atoms with Crippen LogP contribution in [0.5, 0.6) is 0 Å². The summed E-state index contributed by atoms with van der Waals surface area (Å²) in [5.74, 6) is 0.314. The molecule has 0 spiro atoms. The number of carbonyl (C=O) groups is 1.